The molecule has 0 spiro atoms. The van der Waals surface area contributed by atoms with Gasteiger partial charge in [-0.15, -0.1) is 0 Å². The lowest BCUT2D eigenvalue weighted by Crippen LogP contribution is -2.19. The van der Waals surface area contributed by atoms with Crippen molar-refractivity contribution >= 4 is 5.97 Å². The topological polar surface area (TPSA) is 46.5 Å². The Morgan fingerprint density at radius 1 is 0.708 bits per heavy atom. The fourth-order valence-electron chi connectivity index (χ4n) is 2.94. The molecule has 1 atom stereocenters. The van der Waals surface area contributed by atoms with Crippen LogP contribution in [0.1, 0.15) is 117 Å². The summed E-state index contributed by atoms with van der Waals surface area (Å²) in [6, 6.07) is 0. The summed E-state index contributed by atoms with van der Waals surface area (Å²) in [6.45, 7) is 4.16. The van der Waals surface area contributed by atoms with Gasteiger partial charge < -0.3 is 9.84 Å². The van der Waals surface area contributed by atoms with E-state index in [1.165, 1.54) is 96.8 Å². The molecule has 0 amide bonds. The van der Waals surface area contributed by atoms with E-state index < -0.39 is 12.1 Å². The molecule has 0 aliphatic carbocycles. The number of esters is 1. The molecule has 0 fully saturated rings. The van der Waals surface area contributed by atoms with E-state index in [4.69, 9.17) is 9.84 Å². The Bertz CT molecular complexity index is 264. The summed E-state index contributed by atoms with van der Waals surface area (Å²) in [6.07, 6.45) is 20.4. The van der Waals surface area contributed by atoms with E-state index in [2.05, 4.69) is 6.92 Å². The van der Waals surface area contributed by atoms with Crippen LogP contribution in [0, 0.1) is 0 Å². The summed E-state index contributed by atoms with van der Waals surface area (Å²) < 4.78 is 4.93. The highest BCUT2D eigenvalue weighted by atomic mass is 16.5. The molecule has 0 saturated heterocycles. The maximum Gasteiger partial charge on any atom is 0.334 e. The maximum atomic E-state index is 11.0. The van der Waals surface area contributed by atoms with Gasteiger partial charge in [-0.25, -0.2) is 4.79 Å². The van der Waals surface area contributed by atoms with Gasteiger partial charge in [-0.05, 0) is 13.3 Å². The van der Waals surface area contributed by atoms with Crippen LogP contribution < -0.4 is 0 Å². The monoisotopic (exact) mass is 342 g/mol. The number of carbonyl (C=O) groups is 1. The van der Waals surface area contributed by atoms with Gasteiger partial charge >= 0.3 is 5.97 Å². The lowest BCUT2D eigenvalue weighted by molar-refractivity contribution is -0.152. The van der Waals surface area contributed by atoms with Crippen LogP contribution in [0.3, 0.4) is 0 Å². The predicted octanol–water partition coefficient (Wildman–Crippen LogP) is 6.17. The molecule has 1 N–H and O–H groups in total. The molecule has 1 unspecified atom stereocenters. The van der Waals surface area contributed by atoms with Crippen molar-refractivity contribution in [1.29, 1.82) is 0 Å². The number of ether oxygens (including phenoxy) is 1. The van der Waals surface area contributed by atoms with E-state index in [1.54, 1.807) is 0 Å². The zero-order chi connectivity index (χ0) is 17.9. The van der Waals surface area contributed by atoms with Crippen molar-refractivity contribution in [3.8, 4) is 0 Å². The van der Waals surface area contributed by atoms with Crippen molar-refractivity contribution < 1.29 is 14.6 Å². The molecule has 0 heterocycles. The molecule has 3 nitrogen and oxygen atoms in total. The van der Waals surface area contributed by atoms with Gasteiger partial charge in [0.15, 0.2) is 0 Å². The molecule has 0 bridgehead atoms. The number of rotatable bonds is 18. The highest BCUT2D eigenvalue weighted by Crippen LogP contribution is 2.13. The molecule has 0 aromatic rings. The number of unbranched alkanes of at least 4 members (excludes halogenated alkanes) is 15. The SMILES string of the molecule is CCCCCCCCCCCCCCCCCCOC(=O)C(C)O. The third-order valence-corrected chi connectivity index (χ3v) is 4.58. The normalized spacial score (nSPS) is 12.3. The molecule has 0 aromatic heterocycles. The van der Waals surface area contributed by atoms with Crippen molar-refractivity contribution in [2.75, 3.05) is 6.61 Å². The lowest BCUT2D eigenvalue weighted by atomic mass is 10.0. The minimum atomic E-state index is -0.994. The summed E-state index contributed by atoms with van der Waals surface area (Å²) >= 11 is 0. The minimum Gasteiger partial charge on any atom is -0.464 e. The van der Waals surface area contributed by atoms with Crippen LogP contribution in [0.5, 0.6) is 0 Å². The molecule has 0 radical (unpaired) electrons. The average Bonchev–Trinajstić information content (AvgIpc) is 2.57. The van der Waals surface area contributed by atoms with Gasteiger partial charge in [-0.2, -0.15) is 0 Å². The van der Waals surface area contributed by atoms with Crippen LogP contribution in [0.25, 0.3) is 0 Å². The van der Waals surface area contributed by atoms with Gasteiger partial charge in [-0.1, -0.05) is 103 Å². The first-order chi connectivity index (χ1) is 11.7. The van der Waals surface area contributed by atoms with E-state index in [0.29, 0.717) is 6.61 Å². The van der Waals surface area contributed by atoms with E-state index in [9.17, 15) is 4.79 Å². The third kappa shape index (κ3) is 17.8. The second-order valence-electron chi connectivity index (χ2n) is 7.15. The van der Waals surface area contributed by atoms with Crippen LogP contribution in [-0.4, -0.2) is 23.8 Å². The first-order valence-electron chi connectivity index (χ1n) is 10.5. The number of aliphatic hydroxyl groups excluding tert-OH is 1. The number of aliphatic hydroxyl groups is 1. The van der Waals surface area contributed by atoms with Crippen molar-refractivity contribution in [2.24, 2.45) is 0 Å². The zero-order valence-electron chi connectivity index (χ0n) is 16.4. The van der Waals surface area contributed by atoms with E-state index in [1.807, 2.05) is 0 Å². The standard InChI is InChI=1S/C21H42O3/c1-3-4-5-6-7-8-9-10-11-12-13-14-15-16-17-18-19-24-21(23)20(2)22/h20,22H,3-19H2,1-2H3. The first-order valence-corrected chi connectivity index (χ1v) is 10.5. The summed E-state index contributed by atoms with van der Waals surface area (Å²) in [5, 5.41) is 8.98. The fourth-order valence-corrected chi connectivity index (χ4v) is 2.94. The summed E-state index contributed by atoms with van der Waals surface area (Å²) in [5.74, 6) is -0.504. The summed E-state index contributed by atoms with van der Waals surface area (Å²) in [7, 11) is 0. The molecule has 144 valence electrons. The number of hydrogen-bond donors (Lipinski definition) is 1. The van der Waals surface area contributed by atoms with Crippen LogP contribution in [-0.2, 0) is 9.53 Å². The second-order valence-corrected chi connectivity index (χ2v) is 7.15. The first kappa shape index (κ1) is 23.4. The Labute approximate surface area is 150 Å². The molecular formula is C21H42O3. The molecule has 0 aliphatic rings. The molecule has 0 aliphatic heterocycles. The van der Waals surface area contributed by atoms with E-state index in [-0.39, 0.29) is 0 Å². The minimum absolute atomic E-state index is 0.447. The van der Waals surface area contributed by atoms with Crippen molar-refractivity contribution in [2.45, 2.75) is 123 Å². The molecule has 0 rings (SSSR count). The Hall–Kier alpha value is -0.570. The van der Waals surface area contributed by atoms with Crippen molar-refractivity contribution in [3.63, 3.8) is 0 Å². The fraction of sp³-hybridized carbons (Fsp3) is 0.952. The van der Waals surface area contributed by atoms with E-state index in [0.717, 1.165) is 12.8 Å². The smallest absolute Gasteiger partial charge is 0.334 e. The molecule has 0 saturated carbocycles. The van der Waals surface area contributed by atoms with Crippen LogP contribution in [0.2, 0.25) is 0 Å². The molecule has 0 aromatic carbocycles. The van der Waals surface area contributed by atoms with Gasteiger partial charge in [0.2, 0.25) is 0 Å². The Morgan fingerprint density at radius 2 is 1.04 bits per heavy atom. The third-order valence-electron chi connectivity index (χ3n) is 4.58. The zero-order valence-corrected chi connectivity index (χ0v) is 16.4. The Balaban J connectivity index is 3.04. The Kier molecular flexibility index (Phi) is 18.3. The van der Waals surface area contributed by atoms with Gasteiger partial charge in [0.25, 0.3) is 0 Å². The maximum absolute atomic E-state index is 11.0. The predicted molar refractivity (Wildman–Crippen MR) is 102 cm³/mol. The Morgan fingerprint density at radius 3 is 1.38 bits per heavy atom. The van der Waals surface area contributed by atoms with Crippen LogP contribution in [0.4, 0.5) is 0 Å². The highest BCUT2D eigenvalue weighted by Gasteiger charge is 2.08. The van der Waals surface area contributed by atoms with Gasteiger partial charge in [0.1, 0.15) is 6.10 Å². The van der Waals surface area contributed by atoms with E-state index >= 15 is 0 Å². The van der Waals surface area contributed by atoms with Crippen molar-refractivity contribution in [1.82, 2.24) is 0 Å². The average molecular weight is 343 g/mol. The number of carbonyl (C=O) groups excluding carboxylic acids is 1. The molecular weight excluding hydrogens is 300 g/mol. The summed E-state index contributed by atoms with van der Waals surface area (Å²) in [4.78, 5) is 11.0. The van der Waals surface area contributed by atoms with Crippen LogP contribution >= 0.6 is 0 Å². The quantitative estimate of drug-likeness (QED) is 0.239. The lowest BCUT2D eigenvalue weighted by Gasteiger charge is -2.06. The largest absolute Gasteiger partial charge is 0.464 e. The van der Waals surface area contributed by atoms with Gasteiger partial charge in [0.05, 0.1) is 6.61 Å². The number of hydrogen-bond acceptors (Lipinski definition) is 3. The van der Waals surface area contributed by atoms with Gasteiger partial charge in [-0.3, -0.25) is 0 Å². The highest BCUT2D eigenvalue weighted by molar-refractivity contribution is 5.73. The van der Waals surface area contributed by atoms with Crippen molar-refractivity contribution in [3.05, 3.63) is 0 Å². The van der Waals surface area contributed by atoms with Crippen LogP contribution in [0.15, 0.2) is 0 Å². The second kappa shape index (κ2) is 18.8. The van der Waals surface area contributed by atoms with Gasteiger partial charge in [0, 0.05) is 0 Å². The molecule has 24 heavy (non-hydrogen) atoms. The molecule has 3 heteroatoms. The summed E-state index contributed by atoms with van der Waals surface area (Å²) in [5.41, 5.74) is 0.